The second-order valence-electron chi connectivity index (χ2n) is 4.14. The molecule has 0 N–H and O–H groups in total. The molecule has 0 saturated heterocycles. The van der Waals surface area contributed by atoms with E-state index >= 15 is 0 Å². The number of hydrogen-bond donors (Lipinski definition) is 0. The highest BCUT2D eigenvalue weighted by Crippen LogP contribution is 2.36. The van der Waals surface area contributed by atoms with Gasteiger partial charge in [0.15, 0.2) is 0 Å². The van der Waals surface area contributed by atoms with Crippen molar-refractivity contribution in [2.45, 2.75) is 31.7 Å². The summed E-state index contributed by atoms with van der Waals surface area (Å²) in [6.07, 6.45) is 0. The zero-order valence-corrected chi connectivity index (χ0v) is 16.0. The van der Waals surface area contributed by atoms with Crippen molar-refractivity contribution in [3.63, 3.8) is 0 Å². The smallest absolute Gasteiger partial charge is 0.321 e. The van der Waals surface area contributed by atoms with Gasteiger partial charge in [-0.25, -0.2) is 8.42 Å². The van der Waals surface area contributed by atoms with Gasteiger partial charge in [0.1, 0.15) is 11.4 Å². The van der Waals surface area contributed by atoms with Crippen LogP contribution in [0.2, 0.25) is 0 Å². The summed E-state index contributed by atoms with van der Waals surface area (Å²) in [6, 6.07) is 1.17. The van der Waals surface area contributed by atoms with Crippen LogP contribution in [-0.2, 0) is 19.6 Å². The van der Waals surface area contributed by atoms with Crippen molar-refractivity contribution in [1.82, 2.24) is 4.31 Å². The van der Waals surface area contributed by atoms with Gasteiger partial charge < -0.3 is 4.74 Å². The van der Waals surface area contributed by atoms with Crippen LogP contribution in [0.3, 0.4) is 0 Å². The predicted octanol–water partition coefficient (Wildman–Crippen LogP) is 3.24. The number of halogens is 2. The van der Waals surface area contributed by atoms with Crippen molar-refractivity contribution < 1.29 is 17.9 Å². The molecule has 0 radical (unpaired) electrons. The summed E-state index contributed by atoms with van der Waals surface area (Å²) in [5.41, 5.74) is 0. The molecule has 0 aliphatic carbocycles. The molecular weight excluding hydrogens is 434 g/mol. The van der Waals surface area contributed by atoms with Crippen LogP contribution in [0.1, 0.15) is 20.8 Å². The summed E-state index contributed by atoms with van der Waals surface area (Å²) >= 11 is 7.75. The fraction of sp³-hybridized carbons (Fsp3) is 0.545. The van der Waals surface area contributed by atoms with Gasteiger partial charge in [-0.3, -0.25) is 4.79 Å². The second-order valence-corrected chi connectivity index (χ2v) is 9.75. The highest BCUT2D eigenvalue weighted by atomic mass is 79.9. The summed E-state index contributed by atoms with van der Waals surface area (Å²) in [5, 5.41) is 0. The number of ether oxygens (including phenoxy) is 1. The summed E-state index contributed by atoms with van der Waals surface area (Å²) in [4.78, 5) is 11.7. The number of esters is 1. The molecule has 1 rings (SSSR count). The van der Waals surface area contributed by atoms with Crippen LogP contribution in [0.4, 0.5) is 0 Å². The SMILES string of the molecule is CCOC(=O)CN(C(C)C)S(=O)(=O)c1cc(Br)sc1Br. The quantitative estimate of drug-likeness (QED) is 0.626. The maximum absolute atomic E-state index is 12.6. The van der Waals surface area contributed by atoms with Gasteiger partial charge in [0.05, 0.1) is 14.2 Å². The Morgan fingerprint density at radius 1 is 1.45 bits per heavy atom. The molecule has 1 heterocycles. The number of carbonyl (C=O) groups is 1. The fourth-order valence-corrected chi connectivity index (χ4v) is 6.85. The van der Waals surface area contributed by atoms with Crippen molar-refractivity contribution in [1.29, 1.82) is 0 Å². The Kier molecular flexibility index (Phi) is 6.65. The van der Waals surface area contributed by atoms with Gasteiger partial charge in [-0.2, -0.15) is 4.31 Å². The lowest BCUT2D eigenvalue weighted by molar-refractivity contribution is -0.143. The molecule has 1 aromatic heterocycles. The van der Waals surface area contributed by atoms with E-state index in [4.69, 9.17) is 4.74 Å². The maximum atomic E-state index is 12.6. The van der Waals surface area contributed by atoms with E-state index in [1.165, 1.54) is 17.4 Å². The van der Waals surface area contributed by atoms with Gasteiger partial charge in [-0.05, 0) is 58.7 Å². The van der Waals surface area contributed by atoms with E-state index in [0.29, 0.717) is 7.57 Å². The van der Waals surface area contributed by atoms with E-state index in [0.717, 1.165) is 4.31 Å². The molecular formula is C11H15Br2NO4S2. The Morgan fingerprint density at radius 3 is 2.45 bits per heavy atom. The van der Waals surface area contributed by atoms with Crippen LogP contribution < -0.4 is 0 Å². The lowest BCUT2D eigenvalue weighted by Gasteiger charge is -2.24. The highest BCUT2D eigenvalue weighted by molar-refractivity contribution is 9.12. The summed E-state index contributed by atoms with van der Waals surface area (Å²) in [6.45, 7) is 5.03. The Morgan fingerprint density at radius 2 is 2.05 bits per heavy atom. The Labute approximate surface area is 139 Å². The molecule has 0 spiro atoms. The van der Waals surface area contributed by atoms with Gasteiger partial charge in [0.25, 0.3) is 0 Å². The molecule has 0 atom stereocenters. The van der Waals surface area contributed by atoms with Gasteiger partial charge >= 0.3 is 5.97 Å². The lowest BCUT2D eigenvalue weighted by atomic mass is 10.4. The van der Waals surface area contributed by atoms with Crippen LogP contribution in [-0.4, -0.2) is 37.9 Å². The molecule has 0 bridgehead atoms. The van der Waals surface area contributed by atoms with E-state index in [-0.39, 0.29) is 24.1 Å². The summed E-state index contributed by atoms with van der Waals surface area (Å²) in [5.74, 6) is -0.560. The van der Waals surface area contributed by atoms with Gasteiger partial charge in [-0.15, -0.1) is 11.3 Å². The summed E-state index contributed by atoms with van der Waals surface area (Å²) < 4.78 is 32.4. The first-order valence-corrected chi connectivity index (χ1v) is 9.66. The Bertz CT molecular complexity index is 583. The molecule has 114 valence electrons. The zero-order chi connectivity index (χ0) is 15.5. The number of nitrogens with zero attached hydrogens (tertiary/aromatic N) is 1. The van der Waals surface area contributed by atoms with Crippen LogP contribution in [0.5, 0.6) is 0 Å². The molecule has 20 heavy (non-hydrogen) atoms. The summed E-state index contributed by atoms with van der Waals surface area (Å²) in [7, 11) is -3.76. The normalized spacial score (nSPS) is 12.2. The maximum Gasteiger partial charge on any atom is 0.321 e. The van der Waals surface area contributed by atoms with Crippen molar-refractivity contribution in [3.8, 4) is 0 Å². The molecule has 0 unspecified atom stereocenters. The minimum Gasteiger partial charge on any atom is -0.465 e. The largest absolute Gasteiger partial charge is 0.465 e. The third-order valence-corrected chi connectivity index (χ3v) is 7.16. The third-order valence-electron chi connectivity index (χ3n) is 2.38. The first-order valence-electron chi connectivity index (χ1n) is 5.82. The number of sulfonamides is 1. The van der Waals surface area contributed by atoms with Crippen molar-refractivity contribution in [2.24, 2.45) is 0 Å². The third kappa shape index (κ3) is 4.27. The standard InChI is InChI=1S/C11H15Br2NO4S2/c1-4-18-10(15)6-14(7(2)3)20(16,17)8-5-9(12)19-11(8)13/h5,7H,4,6H2,1-3H3. The van der Waals surface area contributed by atoms with Crippen LogP contribution in [0, 0.1) is 0 Å². The van der Waals surface area contributed by atoms with E-state index in [9.17, 15) is 13.2 Å². The van der Waals surface area contributed by atoms with Gasteiger partial charge in [0.2, 0.25) is 10.0 Å². The van der Waals surface area contributed by atoms with Crippen LogP contribution in [0.15, 0.2) is 18.5 Å². The van der Waals surface area contributed by atoms with E-state index in [2.05, 4.69) is 31.9 Å². The fourth-order valence-electron chi connectivity index (χ4n) is 1.51. The van der Waals surface area contributed by atoms with Crippen molar-refractivity contribution >= 4 is 59.2 Å². The van der Waals surface area contributed by atoms with Crippen molar-refractivity contribution in [2.75, 3.05) is 13.2 Å². The molecule has 0 aromatic carbocycles. The zero-order valence-electron chi connectivity index (χ0n) is 11.2. The van der Waals surface area contributed by atoms with E-state index < -0.39 is 16.0 Å². The molecule has 0 fully saturated rings. The van der Waals surface area contributed by atoms with Gasteiger partial charge in [0, 0.05) is 6.04 Å². The molecule has 0 amide bonds. The molecule has 5 nitrogen and oxygen atoms in total. The topological polar surface area (TPSA) is 63.7 Å². The monoisotopic (exact) mass is 447 g/mol. The minimum absolute atomic E-state index is 0.146. The van der Waals surface area contributed by atoms with Crippen LogP contribution in [0.25, 0.3) is 0 Å². The first kappa shape index (κ1) is 18.1. The highest BCUT2D eigenvalue weighted by Gasteiger charge is 2.32. The number of hydrogen-bond acceptors (Lipinski definition) is 5. The number of thiophene rings is 1. The number of rotatable bonds is 6. The molecule has 0 aliphatic heterocycles. The number of carbonyl (C=O) groups excluding carboxylic acids is 1. The predicted molar refractivity (Wildman–Crippen MR) is 85.4 cm³/mol. The van der Waals surface area contributed by atoms with Gasteiger partial charge in [-0.1, -0.05) is 0 Å². The Hall–Kier alpha value is 0.0400. The minimum atomic E-state index is -3.76. The molecule has 1 aromatic rings. The molecule has 9 heteroatoms. The van der Waals surface area contributed by atoms with Crippen LogP contribution >= 0.6 is 43.2 Å². The van der Waals surface area contributed by atoms with E-state index in [1.54, 1.807) is 20.8 Å². The molecule has 0 aliphatic rings. The lowest BCUT2D eigenvalue weighted by Crippen LogP contribution is -2.41. The Balaban J connectivity index is 3.13. The average Bonchev–Trinajstić information content (AvgIpc) is 2.66. The average molecular weight is 449 g/mol. The first-order chi connectivity index (χ1) is 9.20. The second kappa shape index (κ2) is 7.35. The van der Waals surface area contributed by atoms with E-state index in [1.807, 2.05) is 0 Å². The van der Waals surface area contributed by atoms with Crippen molar-refractivity contribution in [3.05, 3.63) is 13.6 Å². The molecule has 0 saturated carbocycles.